The Morgan fingerprint density at radius 1 is 1.10 bits per heavy atom. The van der Waals surface area contributed by atoms with Crippen LogP contribution < -0.4 is 16.4 Å². The Morgan fingerprint density at radius 3 is 2.38 bits per heavy atom. The van der Waals surface area contributed by atoms with Gasteiger partial charge in [0.25, 0.3) is 0 Å². The minimum Gasteiger partial charge on any atom is -0.444 e. The molecule has 3 unspecified atom stereocenters. The molecule has 1 aliphatic heterocycles. The molecule has 1 heterocycles. The highest BCUT2D eigenvalue weighted by atomic mass is 16.6. The van der Waals surface area contributed by atoms with Crippen molar-refractivity contribution in [2.45, 2.75) is 110 Å². The number of carbonyl (C=O) groups excluding carboxylic acids is 4. The Bertz CT molecular complexity index is 1110. The van der Waals surface area contributed by atoms with E-state index in [9.17, 15) is 19.2 Å². The van der Waals surface area contributed by atoms with E-state index in [1.165, 1.54) is 22.4 Å². The van der Waals surface area contributed by atoms with Gasteiger partial charge in [0.2, 0.25) is 17.7 Å². The Hall–Kier alpha value is -3.14. The summed E-state index contributed by atoms with van der Waals surface area (Å²) >= 11 is 0. The van der Waals surface area contributed by atoms with Gasteiger partial charge >= 0.3 is 6.09 Å². The molecule has 5 atom stereocenters. The summed E-state index contributed by atoms with van der Waals surface area (Å²) in [5, 5.41) is 6.02. The predicted octanol–water partition coefficient (Wildman–Crippen LogP) is 2.89. The molecule has 0 aromatic heterocycles. The third-order valence-corrected chi connectivity index (χ3v) is 7.65. The topological polar surface area (TPSA) is 134 Å². The van der Waals surface area contributed by atoms with Crippen molar-refractivity contribution >= 4 is 23.8 Å². The summed E-state index contributed by atoms with van der Waals surface area (Å²) in [4.78, 5) is 56.0. The van der Waals surface area contributed by atoms with Crippen LogP contribution in [-0.4, -0.2) is 77.0 Å². The van der Waals surface area contributed by atoms with E-state index in [1.54, 1.807) is 27.7 Å². The number of amides is 4. The van der Waals surface area contributed by atoms with Gasteiger partial charge in [-0.05, 0) is 69.9 Å². The summed E-state index contributed by atoms with van der Waals surface area (Å²) in [5.41, 5.74) is 7.23. The van der Waals surface area contributed by atoms with Gasteiger partial charge in [0.05, 0.1) is 6.04 Å². The van der Waals surface area contributed by atoms with Crippen molar-refractivity contribution in [2.75, 3.05) is 13.6 Å². The van der Waals surface area contributed by atoms with Crippen LogP contribution in [0.2, 0.25) is 0 Å². The van der Waals surface area contributed by atoms with Crippen LogP contribution in [0, 0.1) is 5.41 Å². The van der Waals surface area contributed by atoms with Crippen molar-refractivity contribution in [3.63, 3.8) is 0 Å². The van der Waals surface area contributed by atoms with Gasteiger partial charge in [-0.3, -0.25) is 19.3 Å². The second-order valence-electron chi connectivity index (χ2n) is 13.2. The minimum atomic E-state index is -0.939. The summed E-state index contributed by atoms with van der Waals surface area (Å²) in [7, 11) is 1.48. The van der Waals surface area contributed by atoms with Crippen LogP contribution in [-0.2, 0) is 25.5 Å². The summed E-state index contributed by atoms with van der Waals surface area (Å²) in [6.45, 7) is 12.6. The van der Waals surface area contributed by atoms with E-state index in [0.717, 1.165) is 24.8 Å². The number of ether oxygens (including phenoxy) is 1. The summed E-state index contributed by atoms with van der Waals surface area (Å²) < 4.78 is 5.38. The largest absolute Gasteiger partial charge is 0.444 e. The Balaban J connectivity index is 1.75. The molecule has 0 spiro atoms. The number of fused-ring (bicyclic) bond motifs is 1. The number of nitrogens with zero attached hydrogens (tertiary/aromatic N) is 2. The SMILES string of the molecule is C[C@@H](C(=O)NC(C(=O)N1CC(N)C[C@H]1C(=O)NC1CCCc2ccccc21)C(C)(C)C)N(C)C(=O)OC(C)(C)C. The Labute approximate surface area is 238 Å². The molecule has 3 rings (SSSR count). The molecule has 4 N–H and O–H groups in total. The van der Waals surface area contributed by atoms with Gasteiger partial charge in [0, 0.05) is 19.6 Å². The Morgan fingerprint density at radius 2 is 1.75 bits per heavy atom. The van der Waals surface area contributed by atoms with Gasteiger partial charge in [-0.25, -0.2) is 4.79 Å². The van der Waals surface area contributed by atoms with Gasteiger partial charge in [0.1, 0.15) is 23.7 Å². The average Bonchev–Trinajstić information content (AvgIpc) is 3.26. The number of benzene rings is 1. The highest BCUT2D eigenvalue weighted by molar-refractivity contribution is 5.94. The summed E-state index contributed by atoms with van der Waals surface area (Å²) in [6, 6.07) is 5.08. The lowest BCUT2D eigenvalue weighted by Gasteiger charge is -2.37. The van der Waals surface area contributed by atoms with Crippen LogP contribution in [0.15, 0.2) is 24.3 Å². The fourth-order valence-electron chi connectivity index (χ4n) is 5.28. The molecule has 0 bridgehead atoms. The number of carbonyl (C=O) groups is 4. The van der Waals surface area contributed by atoms with Crippen molar-refractivity contribution in [1.29, 1.82) is 0 Å². The van der Waals surface area contributed by atoms with Crippen molar-refractivity contribution in [1.82, 2.24) is 20.4 Å². The number of aryl methyl sites for hydroxylation is 1. The van der Waals surface area contributed by atoms with E-state index in [0.29, 0.717) is 6.42 Å². The van der Waals surface area contributed by atoms with E-state index >= 15 is 0 Å². The van der Waals surface area contributed by atoms with Gasteiger partial charge in [0.15, 0.2) is 0 Å². The predicted molar refractivity (Wildman–Crippen MR) is 153 cm³/mol. The molecular formula is C30H47N5O5. The van der Waals surface area contributed by atoms with Crippen LogP contribution >= 0.6 is 0 Å². The summed E-state index contributed by atoms with van der Waals surface area (Å²) in [5.74, 6) is -1.10. The lowest BCUT2D eigenvalue weighted by molar-refractivity contribution is -0.144. The first kappa shape index (κ1) is 31.4. The first-order chi connectivity index (χ1) is 18.5. The van der Waals surface area contributed by atoms with Crippen LogP contribution in [0.4, 0.5) is 4.79 Å². The van der Waals surface area contributed by atoms with E-state index in [2.05, 4.69) is 16.7 Å². The van der Waals surface area contributed by atoms with Gasteiger partial charge in [-0.15, -0.1) is 0 Å². The smallest absolute Gasteiger partial charge is 0.410 e. The van der Waals surface area contributed by atoms with Gasteiger partial charge in [-0.1, -0.05) is 45.0 Å². The molecule has 1 aromatic carbocycles. The molecule has 1 saturated heterocycles. The maximum Gasteiger partial charge on any atom is 0.410 e. The van der Waals surface area contributed by atoms with Crippen LogP contribution in [0.25, 0.3) is 0 Å². The molecule has 1 aliphatic carbocycles. The quantitative estimate of drug-likeness (QED) is 0.493. The molecule has 4 amide bonds. The number of rotatable bonds is 6. The van der Waals surface area contributed by atoms with Gasteiger partial charge < -0.3 is 26.0 Å². The highest BCUT2D eigenvalue weighted by Crippen LogP contribution is 2.31. The standard InChI is InChI=1S/C30H47N5O5/c1-18(34(8)28(39)40-30(5,6)7)25(36)33-24(29(2,3)4)27(38)35-17-20(31)16-23(35)26(37)32-22-15-11-13-19-12-9-10-14-21(19)22/h9-10,12,14,18,20,22-24H,11,13,15-17,31H2,1-8H3,(H,32,37)(H,33,36)/t18-,20?,22?,23-,24?/m0/s1. The van der Waals surface area contributed by atoms with Crippen molar-refractivity contribution in [3.8, 4) is 0 Å². The third-order valence-electron chi connectivity index (χ3n) is 7.65. The second kappa shape index (κ2) is 12.2. The number of likely N-dealkylation sites (N-methyl/N-ethyl adjacent to an activating group) is 1. The zero-order valence-corrected chi connectivity index (χ0v) is 25.2. The number of nitrogens with one attached hydrogen (secondary N) is 2. The van der Waals surface area contributed by atoms with E-state index in [-0.39, 0.29) is 30.4 Å². The van der Waals surface area contributed by atoms with E-state index in [4.69, 9.17) is 10.5 Å². The first-order valence-corrected chi connectivity index (χ1v) is 14.2. The zero-order chi connectivity index (χ0) is 30.0. The molecule has 10 heteroatoms. The average molecular weight is 558 g/mol. The summed E-state index contributed by atoms with van der Waals surface area (Å²) in [6.07, 6.45) is 2.49. The molecule has 222 valence electrons. The van der Waals surface area contributed by atoms with E-state index in [1.807, 2.05) is 39.0 Å². The molecule has 40 heavy (non-hydrogen) atoms. The van der Waals surface area contributed by atoms with Crippen molar-refractivity contribution < 1.29 is 23.9 Å². The molecule has 0 saturated carbocycles. The monoisotopic (exact) mass is 557 g/mol. The molecule has 1 aromatic rings. The number of hydrogen-bond acceptors (Lipinski definition) is 6. The molecule has 0 radical (unpaired) electrons. The molecule has 2 aliphatic rings. The number of hydrogen-bond donors (Lipinski definition) is 3. The lowest BCUT2D eigenvalue weighted by atomic mass is 9.85. The highest BCUT2D eigenvalue weighted by Gasteiger charge is 2.45. The maximum absolute atomic E-state index is 14.0. The van der Waals surface area contributed by atoms with Gasteiger partial charge in [-0.2, -0.15) is 0 Å². The minimum absolute atomic E-state index is 0.117. The lowest BCUT2D eigenvalue weighted by Crippen LogP contribution is -2.60. The Kier molecular flexibility index (Phi) is 9.54. The van der Waals surface area contributed by atoms with Crippen LogP contribution in [0.1, 0.15) is 84.9 Å². The van der Waals surface area contributed by atoms with Crippen molar-refractivity contribution in [2.24, 2.45) is 11.1 Å². The van der Waals surface area contributed by atoms with E-state index < -0.39 is 41.1 Å². The molecular weight excluding hydrogens is 510 g/mol. The zero-order valence-electron chi connectivity index (χ0n) is 25.2. The maximum atomic E-state index is 14.0. The van der Waals surface area contributed by atoms with Crippen LogP contribution in [0.3, 0.4) is 0 Å². The fraction of sp³-hybridized carbons (Fsp3) is 0.667. The second-order valence-corrected chi connectivity index (χ2v) is 13.2. The molecule has 1 fully saturated rings. The molecule has 10 nitrogen and oxygen atoms in total. The van der Waals surface area contributed by atoms with Crippen molar-refractivity contribution in [3.05, 3.63) is 35.4 Å². The van der Waals surface area contributed by atoms with Crippen LogP contribution in [0.5, 0.6) is 0 Å². The normalized spacial score (nSPS) is 22.5. The third kappa shape index (κ3) is 7.53. The first-order valence-electron chi connectivity index (χ1n) is 14.2. The fourth-order valence-corrected chi connectivity index (χ4v) is 5.28. The number of likely N-dealkylation sites (tertiary alicyclic amines) is 1. The number of nitrogens with two attached hydrogens (primary N) is 1.